The van der Waals surface area contributed by atoms with Gasteiger partial charge in [0.15, 0.2) is 17.5 Å². The Kier molecular flexibility index (Phi) is 9.60. The number of nitrogens with zero attached hydrogens (tertiary/aromatic N) is 2. The summed E-state index contributed by atoms with van der Waals surface area (Å²) in [5.74, 6) is 2.23. The van der Waals surface area contributed by atoms with E-state index in [-0.39, 0.29) is 11.9 Å². The Morgan fingerprint density at radius 2 is 2.10 bits per heavy atom. The number of hydrogen-bond donors (Lipinski definition) is 1. The molecule has 2 rings (SSSR count). The summed E-state index contributed by atoms with van der Waals surface area (Å²) in [6.45, 7) is 7.23. The number of benzene rings is 1. The van der Waals surface area contributed by atoms with Crippen molar-refractivity contribution in [2.24, 2.45) is 10.9 Å². The van der Waals surface area contributed by atoms with E-state index in [9.17, 15) is 4.79 Å². The molecule has 0 aliphatic carbocycles. The molecule has 1 atom stereocenters. The molecule has 1 saturated heterocycles. The van der Waals surface area contributed by atoms with Crippen molar-refractivity contribution in [3.05, 3.63) is 23.8 Å². The van der Waals surface area contributed by atoms with Crippen molar-refractivity contribution in [2.45, 2.75) is 39.5 Å². The molecule has 1 aliphatic heterocycles. The van der Waals surface area contributed by atoms with E-state index in [0.29, 0.717) is 19.8 Å². The van der Waals surface area contributed by atoms with Gasteiger partial charge in [-0.3, -0.25) is 9.79 Å². The third kappa shape index (κ3) is 6.84. The van der Waals surface area contributed by atoms with Crippen molar-refractivity contribution in [1.82, 2.24) is 10.2 Å². The number of nitrogens with one attached hydrogen (secondary N) is 1. The molecule has 1 unspecified atom stereocenters. The Morgan fingerprint density at radius 1 is 1.28 bits per heavy atom. The van der Waals surface area contributed by atoms with Crippen molar-refractivity contribution in [2.75, 3.05) is 47.0 Å². The number of carbonyl (C=O) groups is 1. The van der Waals surface area contributed by atoms with Crippen LogP contribution in [0.3, 0.4) is 0 Å². The van der Waals surface area contributed by atoms with Crippen molar-refractivity contribution in [3.63, 3.8) is 0 Å². The minimum atomic E-state index is -0.0998. The zero-order valence-corrected chi connectivity index (χ0v) is 18.2. The van der Waals surface area contributed by atoms with Crippen LogP contribution < -0.4 is 14.8 Å². The summed E-state index contributed by atoms with van der Waals surface area (Å²) in [4.78, 5) is 18.6. The molecule has 1 N–H and O–H groups in total. The number of likely N-dealkylation sites (tertiary alicyclic amines) is 1. The highest BCUT2D eigenvalue weighted by Gasteiger charge is 2.28. The maximum atomic E-state index is 12.1. The molecule has 0 saturated carbocycles. The molecule has 1 fully saturated rings. The van der Waals surface area contributed by atoms with Crippen LogP contribution in [0, 0.1) is 5.92 Å². The molecule has 1 aromatic carbocycles. The van der Waals surface area contributed by atoms with Crippen molar-refractivity contribution in [3.8, 4) is 11.5 Å². The number of piperidine rings is 1. The van der Waals surface area contributed by atoms with Crippen LogP contribution in [0.2, 0.25) is 0 Å². The highest BCUT2D eigenvalue weighted by atomic mass is 16.5. The normalized spacial score (nSPS) is 17.0. The lowest BCUT2D eigenvalue weighted by atomic mass is 9.98. The Bertz CT molecular complexity index is 678. The second-order valence-corrected chi connectivity index (χ2v) is 7.03. The van der Waals surface area contributed by atoms with Gasteiger partial charge in [-0.25, -0.2) is 0 Å². The topological polar surface area (TPSA) is 72.4 Å². The Morgan fingerprint density at radius 3 is 2.79 bits per heavy atom. The summed E-state index contributed by atoms with van der Waals surface area (Å²) in [6.07, 6.45) is 3.74. The second kappa shape index (κ2) is 12.2. The lowest BCUT2D eigenvalue weighted by molar-refractivity contribution is -0.149. The van der Waals surface area contributed by atoms with E-state index in [4.69, 9.17) is 14.2 Å². The van der Waals surface area contributed by atoms with E-state index >= 15 is 0 Å². The minimum absolute atomic E-state index is 0.0708. The van der Waals surface area contributed by atoms with Crippen LogP contribution in [-0.2, 0) is 16.0 Å². The number of aliphatic imine (C=N–C) groups is 1. The van der Waals surface area contributed by atoms with E-state index in [1.165, 1.54) is 5.56 Å². The highest BCUT2D eigenvalue weighted by molar-refractivity contribution is 5.81. The number of esters is 1. The number of aryl methyl sites for hydroxylation is 1. The smallest absolute Gasteiger partial charge is 0.310 e. The first-order valence-corrected chi connectivity index (χ1v) is 10.5. The molecule has 0 amide bonds. The molecule has 7 nitrogen and oxygen atoms in total. The first kappa shape index (κ1) is 22.8. The summed E-state index contributed by atoms with van der Waals surface area (Å²) in [5, 5.41) is 3.43. The van der Waals surface area contributed by atoms with Gasteiger partial charge in [-0.2, -0.15) is 0 Å². The molecular formula is C22H35N3O4. The molecule has 29 heavy (non-hydrogen) atoms. The van der Waals surface area contributed by atoms with Gasteiger partial charge in [-0.15, -0.1) is 0 Å². The monoisotopic (exact) mass is 405 g/mol. The predicted molar refractivity (Wildman–Crippen MR) is 115 cm³/mol. The number of guanidine groups is 1. The number of carbonyl (C=O) groups excluding carboxylic acids is 1. The third-order valence-electron chi connectivity index (χ3n) is 5.01. The van der Waals surface area contributed by atoms with Gasteiger partial charge in [0, 0.05) is 26.7 Å². The molecule has 1 heterocycles. The van der Waals surface area contributed by atoms with Crippen LogP contribution in [0.5, 0.6) is 11.5 Å². The van der Waals surface area contributed by atoms with Crippen molar-refractivity contribution in [1.29, 1.82) is 0 Å². The summed E-state index contributed by atoms with van der Waals surface area (Å²) < 4.78 is 16.2. The van der Waals surface area contributed by atoms with E-state index in [2.05, 4.69) is 21.3 Å². The lowest BCUT2D eigenvalue weighted by Gasteiger charge is -2.34. The fourth-order valence-corrected chi connectivity index (χ4v) is 3.59. The minimum Gasteiger partial charge on any atom is -0.493 e. The van der Waals surface area contributed by atoms with Crippen LogP contribution in [0.1, 0.15) is 38.7 Å². The number of rotatable bonds is 9. The van der Waals surface area contributed by atoms with Gasteiger partial charge >= 0.3 is 5.97 Å². The zero-order chi connectivity index (χ0) is 21.1. The zero-order valence-electron chi connectivity index (χ0n) is 18.2. The molecule has 7 heteroatoms. The van der Waals surface area contributed by atoms with Gasteiger partial charge in [-0.05, 0) is 57.2 Å². The molecule has 0 bridgehead atoms. The molecule has 1 aliphatic rings. The number of methoxy groups -OCH3 is 1. The summed E-state index contributed by atoms with van der Waals surface area (Å²) >= 11 is 0. The lowest BCUT2D eigenvalue weighted by Crippen LogP contribution is -2.48. The van der Waals surface area contributed by atoms with E-state index < -0.39 is 0 Å². The maximum absolute atomic E-state index is 12.1. The SMILES string of the molecule is CCOC(=O)C1CCCN(C(=NC)NCCCc2ccc(OC)c(OCC)c2)C1. The number of ether oxygens (including phenoxy) is 3. The first-order valence-electron chi connectivity index (χ1n) is 10.5. The Hall–Kier alpha value is -2.44. The third-order valence-corrected chi connectivity index (χ3v) is 5.01. The van der Waals surface area contributed by atoms with Gasteiger partial charge in [0.25, 0.3) is 0 Å². The van der Waals surface area contributed by atoms with Gasteiger partial charge in [0.1, 0.15) is 0 Å². The summed E-state index contributed by atoms with van der Waals surface area (Å²) in [6, 6.07) is 6.08. The molecule has 0 radical (unpaired) electrons. The van der Waals surface area contributed by atoms with E-state index in [1.807, 2.05) is 26.0 Å². The van der Waals surface area contributed by atoms with Gasteiger partial charge < -0.3 is 24.4 Å². The van der Waals surface area contributed by atoms with Crippen LogP contribution in [0.15, 0.2) is 23.2 Å². The summed E-state index contributed by atoms with van der Waals surface area (Å²) in [5.41, 5.74) is 1.21. The van der Waals surface area contributed by atoms with Crippen LogP contribution in [0.4, 0.5) is 0 Å². The fraction of sp³-hybridized carbons (Fsp3) is 0.636. The molecule has 0 aromatic heterocycles. The molecule has 162 valence electrons. The number of hydrogen-bond acceptors (Lipinski definition) is 5. The van der Waals surface area contributed by atoms with Gasteiger partial charge in [-0.1, -0.05) is 6.07 Å². The Labute approximate surface area is 174 Å². The van der Waals surface area contributed by atoms with Crippen LogP contribution >= 0.6 is 0 Å². The molecular weight excluding hydrogens is 370 g/mol. The molecule has 0 spiro atoms. The van der Waals surface area contributed by atoms with Gasteiger partial charge in [0.2, 0.25) is 0 Å². The average molecular weight is 406 g/mol. The highest BCUT2D eigenvalue weighted by Crippen LogP contribution is 2.28. The largest absolute Gasteiger partial charge is 0.493 e. The van der Waals surface area contributed by atoms with E-state index in [0.717, 1.165) is 56.2 Å². The second-order valence-electron chi connectivity index (χ2n) is 7.03. The fourth-order valence-electron chi connectivity index (χ4n) is 3.59. The van der Waals surface area contributed by atoms with Crippen LogP contribution in [0.25, 0.3) is 0 Å². The van der Waals surface area contributed by atoms with Crippen LogP contribution in [-0.4, -0.2) is 63.8 Å². The molecule has 1 aromatic rings. The predicted octanol–water partition coefficient (Wildman–Crippen LogP) is 2.88. The van der Waals surface area contributed by atoms with Crippen molar-refractivity contribution < 1.29 is 19.0 Å². The Balaban J connectivity index is 1.82. The average Bonchev–Trinajstić information content (AvgIpc) is 2.74. The summed E-state index contributed by atoms with van der Waals surface area (Å²) in [7, 11) is 3.44. The quantitative estimate of drug-likeness (QED) is 0.295. The van der Waals surface area contributed by atoms with E-state index in [1.54, 1.807) is 14.2 Å². The van der Waals surface area contributed by atoms with Crippen molar-refractivity contribution >= 4 is 11.9 Å². The standard InChI is InChI=1S/C22H35N3O4/c1-5-28-20-15-17(11-12-19(20)27-4)9-7-13-24-22(23-3)25-14-8-10-18(16-25)21(26)29-6-2/h11-12,15,18H,5-10,13-14,16H2,1-4H3,(H,23,24). The van der Waals surface area contributed by atoms with Gasteiger partial charge in [0.05, 0.1) is 26.2 Å². The first-order chi connectivity index (χ1) is 14.1. The maximum Gasteiger partial charge on any atom is 0.310 e.